The van der Waals surface area contributed by atoms with Gasteiger partial charge in [-0.1, -0.05) is 11.6 Å². The van der Waals surface area contributed by atoms with E-state index in [1.54, 1.807) is 6.07 Å². The summed E-state index contributed by atoms with van der Waals surface area (Å²) in [6.45, 7) is 0.0244. The molecule has 0 amide bonds. The van der Waals surface area contributed by atoms with Crippen molar-refractivity contribution < 1.29 is 17.6 Å². The van der Waals surface area contributed by atoms with Crippen LogP contribution in [0.25, 0.3) is 0 Å². The molecule has 0 fully saturated rings. The first-order chi connectivity index (χ1) is 9.75. The zero-order valence-electron chi connectivity index (χ0n) is 10.3. The first-order valence-corrected chi connectivity index (χ1v) is 6.84. The Labute approximate surface area is 131 Å². The Morgan fingerprint density at radius 2 is 1.90 bits per heavy atom. The van der Waals surface area contributed by atoms with Crippen molar-refractivity contribution >= 4 is 33.2 Å². The molecule has 0 bridgehead atoms. The lowest BCUT2D eigenvalue weighted by Gasteiger charge is -2.11. The zero-order chi connectivity index (χ0) is 15.6. The number of rotatable bonds is 3. The Hall–Kier alpha value is -1.34. The fourth-order valence-electron chi connectivity index (χ4n) is 1.64. The molecule has 1 N–H and O–H groups in total. The minimum atomic E-state index is -4.58. The third-order valence-electron chi connectivity index (χ3n) is 2.58. The van der Waals surface area contributed by atoms with Gasteiger partial charge in [0.15, 0.2) is 0 Å². The zero-order valence-corrected chi connectivity index (χ0v) is 12.7. The molecule has 0 aliphatic carbocycles. The van der Waals surface area contributed by atoms with Gasteiger partial charge in [-0.25, -0.2) is 9.37 Å². The maximum absolute atomic E-state index is 13.2. The predicted octanol–water partition coefficient (Wildman–Crippen LogP) is 5.27. The van der Waals surface area contributed by atoms with Gasteiger partial charge in [-0.3, -0.25) is 0 Å². The van der Waals surface area contributed by atoms with Crippen LogP contribution in [0.5, 0.6) is 0 Å². The molecule has 0 aliphatic heterocycles. The van der Waals surface area contributed by atoms with Crippen LogP contribution in [0.1, 0.15) is 11.1 Å². The summed E-state index contributed by atoms with van der Waals surface area (Å²) < 4.78 is 51.6. The van der Waals surface area contributed by atoms with Crippen LogP contribution in [0.2, 0.25) is 5.15 Å². The number of benzene rings is 1. The maximum atomic E-state index is 13.2. The van der Waals surface area contributed by atoms with E-state index in [2.05, 4.69) is 26.2 Å². The monoisotopic (exact) mass is 382 g/mol. The summed E-state index contributed by atoms with van der Waals surface area (Å²) in [5.74, 6) is -0.933. The molecule has 2 aromatic rings. The molecule has 0 unspecified atom stereocenters. The number of aromatic nitrogens is 1. The minimum Gasteiger partial charge on any atom is -0.380 e. The van der Waals surface area contributed by atoms with Crippen LogP contribution in [-0.2, 0) is 12.7 Å². The fourth-order valence-corrected chi connectivity index (χ4v) is 2.09. The van der Waals surface area contributed by atoms with Crippen molar-refractivity contribution in [2.75, 3.05) is 5.32 Å². The highest BCUT2D eigenvalue weighted by Crippen LogP contribution is 2.30. The van der Waals surface area contributed by atoms with Gasteiger partial charge in [-0.15, -0.1) is 0 Å². The summed E-state index contributed by atoms with van der Waals surface area (Å²) in [4.78, 5) is 3.87. The molecule has 0 saturated heterocycles. The molecule has 21 heavy (non-hydrogen) atoms. The van der Waals surface area contributed by atoms with Crippen molar-refractivity contribution in [2.24, 2.45) is 0 Å². The fraction of sp³-hybridized carbons (Fsp3) is 0.154. The average molecular weight is 384 g/mol. The number of hydrogen-bond donors (Lipinski definition) is 1. The summed E-state index contributed by atoms with van der Waals surface area (Å²) >= 11 is 8.91. The molecule has 0 aliphatic rings. The summed E-state index contributed by atoms with van der Waals surface area (Å²) in [6, 6.07) is 4.03. The largest absolute Gasteiger partial charge is 0.416 e. The van der Waals surface area contributed by atoms with Gasteiger partial charge in [0.25, 0.3) is 0 Å². The summed E-state index contributed by atoms with van der Waals surface area (Å²) in [7, 11) is 0. The number of alkyl halides is 3. The van der Waals surface area contributed by atoms with Crippen LogP contribution >= 0.6 is 27.5 Å². The topological polar surface area (TPSA) is 24.9 Å². The Bertz CT molecular complexity index is 661. The van der Waals surface area contributed by atoms with Gasteiger partial charge in [-0.2, -0.15) is 13.2 Å². The van der Waals surface area contributed by atoms with Gasteiger partial charge in [0.2, 0.25) is 0 Å². The maximum Gasteiger partial charge on any atom is 0.416 e. The van der Waals surface area contributed by atoms with E-state index in [0.29, 0.717) is 16.2 Å². The van der Waals surface area contributed by atoms with Crippen molar-refractivity contribution in [3.05, 3.63) is 57.0 Å². The Morgan fingerprint density at radius 1 is 1.19 bits per heavy atom. The normalized spacial score (nSPS) is 11.5. The molecule has 2 rings (SSSR count). The molecule has 0 spiro atoms. The second-order valence-corrected chi connectivity index (χ2v) is 5.41. The van der Waals surface area contributed by atoms with E-state index < -0.39 is 17.6 Å². The molecule has 8 heteroatoms. The number of pyridine rings is 1. The van der Waals surface area contributed by atoms with Gasteiger partial charge in [0.1, 0.15) is 11.0 Å². The van der Waals surface area contributed by atoms with Crippen LogP contribution in [0.4, 0.5) is 23.2 Å². The van der Waals surface area contributed by atoms with Crippen molar-refractivity contribution in [1.82, 2.24) is 4.98 Å². The van der Waals surface area contributed by atoms with Gasteiger partial charge in [0, 0.05) is 6.54 Å². The smallest absolute Gasteiger partial charge is 0.380 e. The van der Waals surface area contributed by atoms with Crippen molar-refractivity contribution in [1.29, 1.82) is 0 Å². The second-order valence-electron chi connectivity index (χ2n) is 4.20. The Morgan fingerprint density at radius 3 is 2.52 bits per heavy atom. The molecule has 1 aromatic heterocycles. The Kier molecular flexibility index (Phi) is 4.73. The second kappa shape index (κ2) is 6.19. The third-order valence-corrected chi connectivity index (χ3v) is 3.71. The number of hydrogen-bond acceptors (Lipinski definition) is 2. The highest BCUT2D eigenvalue weighted by molar-refractivity contribution is 9.10. The van der Waals surface area contributed by atoms with Gasteiger partial charge >= 0.3 is 6.18 Å². The lowest BCUT2D eigenvalue weighted by atomic mass is 10.1. The third kappa shape index (κ3) is 4.31. The van der Waals surface area contributed by atoms with Gasteiger partial charge in [-0.05, 0) is 45.8 Å². The molecule has 0 atom stereocenters. The van der Waals surface area contributed by atoms with Gasteiger partial charge < -0.3 is 5.32 Å². The van der Waals surface area contributed by atoms with E-state index in [-0.39, 0.29) is 17.3 Å². The van der Waals surface area contributed by atoms with Crippen molar-refractivity contribution in [3.63, 3.8) is 0 Å². The van der Waals surface area contributed by atoms with E-state index >= 15 is 0 Å². The lowest BCUT2D eigenvalue weighted by molar-refractivity contribution is -0.137. The highest BCUT2D eigenvalue weighted by atomic mass is 79.9. The first-order valence-electron chi connectivity index (χ1n) is 5.67. The van der Waals surface area contributed by atoms with Crippen molar-refractivity contribution in [2.45, 2.75) is 12.7 Å². The van der Waals surface area contributed by atoms with Crippen LogP contribution in [0.15, 0.2) is 34.9 Å². The van der Waals surface area contributed by atoms with E-state index in [4.69, 9.17) is 11.6 Å². The van der Waals surface area contributed by atoms with Crippen LogP contribution in [0, 0.1) is 5.82 Å². The molecule has 2 nitrogen and oxygen atoms in total. The van der Waals surface area contributed by atoms with Crippen LogP contribution in [-0.4, -0.2) is 4.98 Å². The molecule has 112 valence electrons. The summed E-state index contributed by atoms with van der Waals surface area (Å²) in [5, 5.41) is 3.12. The summed E-state index contributed by atoms with van der Waals surface area (Å²) in [5.41, 5.74) is -0.299. The highest BCUT2D eigenvalue weighted by Gasteiger charge is 2.31. The molecule has 0 radical (unpaired) electrons. The van der Waals surface area contributed by atoms with Crippen LogP contribution < -0.4 is 5.32 Å². The molecule has 0 saturated carbocycles. The van der Waals surface area contributed by atoms with E-state index in [1.807, 2.05) is 0 Å². The lowest BCUT2D eigenvalue weighted by Crippen LogP contribution is -2.08. The van der Waals surface area contributed by atoms with E-state index in [0.717, 1.165) is 12.1 Å². The van der Waals surface area contributed by atoms with Gasteiger partial charge in [0.05, 0.1) is 21.9 Å². The number of anilines is 1. The molecule has 1 heterocycles. The molecular weight excluding hydrogens is 376 g/mol. The molecule has 1 aromatic carbocycles. The minimum absolute atomic E-state index is 0.0244. The van der Waals surface area contributed by atoms with E-state index in [1.165, 1.54) is 6.20 Å². The van der Waals surface area contributed by atoms with Crippen LogP contribution in [0.3, 0.4) is 0 Å². The Balaban J connectivity index is 2.16. The van der Waals surface area contributed by atoms with E-state index in [9.17, 15) is 17.6 Å². The molecular formula is C13H8BrClF4N2. The standard InChI is InChI=1S/C13H8BrClF4N2/c14-11-4-10(6-21-12(11)15)20-5-7-1-8(13(17,18)19)3-9(16)2-7/h1-4,6,20H,5H2. The average Bonchev–Trinajstić information content (AvgIpc) is 2.38. The first kappa shape index (κ1) is 16.0. The number of nitrogens with one attached hydrogen (secondary N) is 1. The SMILES string of the molecule is Fc1cc(CNc2cnc(Cl)c(Br)c2)cc(C(F)(F)F)c1. The quantitative estimate of drug-likeness (QED) is 0.577. The number of nitrogens with zero attached hydrogens (tertiary/aromatic N) is 1. The summed E-state index contributed by atoms with van der Waals surface area (Å²) in [6.07, 6.45) is -3.15. The predicted molar refractivity (Wildman–Crippen MR) is 75.7 cm³/mol. The van der Waals surface area contributed by atoms with Crippen molar-refractivity contribution in [3.8, 4) is 0 Å². The number of halogens is 6.